The minimum absolute atomic E-state index is 0.219. The Balaban J connectivity index is 2.05. The lowest BCUT2D eigenvalue weighted by Crippen LogP contribution is -2.15. The Hall–Kier alpha value is -1.23. The number of anilines is 1. The molecule has 1 aliphatic heterocycles. The minimum atomic E-state index is 0.219. The predicted molar refractivity (Wildman–Crippen MR) is 62.8 cm³/mol. The van der Waals surface area contributed by atoms with Crippen molar-refractivity contribution >= 4 is 21.8 Å². The molecule has 16 heavy (non-hydrogen) atoms. The van der Waals surface area contributed by atoms with E-state index < -0.39 is 0 Å². The summed E-state index contributed by atoms with van der Waals surface area (Å²) in [7, 11) is 2.01. The van der Waals surface area contributed by atoms with Gasteiger partial charge < -0.3 is 13.8 Å². The highest BCUT2D eigenvalue weighted by atomic mass is 79.9. The van der Waals surface area contributed by atoms with Gasteiger partial charge in [-0.2, -0.15) is 0 Å². The number of likely N-dealkylation sites (N-methyl/N-ethyl adjacent to an activating group) is 1. The number of furan rings is 1. The fourth-order valence-corrected chi connectivity index (χ4v) is 2.56. The molecule has 84 valence electrons. The molecule has 0 saturated heterocycles. The summed E-state index contributed by atoms with van der Waals surface area (Å²) < 4.78 is 11.7. The van der Waals surface area contributed by atoms with Gasteiger partial charge in [0.05, 0.1) is 11.6 Å². The van der Waals surface area contributed by atoms with Crippen LogP contribution in [0.15, 0.2) is 25.7 Å². The van der Waals surface area contributed by atoms with Crippen molar-refractivity contribution in [2.24, 2.45) is 0 Å². The second kappa shape index (κ2) is 3.38. The van der Waals surface area contributed by atoms with Gasteiger partial charge in [-0.3, -0.25) is 0 Å². The van der Waals surface area contributed by atoms with E-state index >= 15 is 0 Å². The normalized spacial score (nSPS) is 19.2. The number of halogens is 1. The third kappa shape index (κ3) is 1.38. The molecule has 0 bridgehead atoms. The highest BCUT2D eigenvalue weighted by Crippen LogP contribution is 2.42. The van der Waals surface area contributed by atoms with Crippen molar-refractivity contribution in [2.75, 3.05) is 18.5 Å². The third-order valence-corrected chi connectivity index (χ3v) is 3.27. The Labute approximate surface area is 101 Å². The largest absolute Gasteiger partial charge is 0.434 e. The van der Waals surface area contributed by atoms with E-state index in [1.54, 1.807) is 0 Å². The molecule has 2 aromatic heterocycles. The van der Waals surface area contributed by atoms with E-state index in [0.29, 0.717) is 0 Å². The van der Waals surface area contributed by atoms with Gasteiger partial charge in [0.2, 0.25) is 5.88 Å². The summed E-state index contributed by atoms with van der Waals surface area (Å²) in [5.41, 5.74) is 2.07. The monoisotopic (exact) mass is 282 g/mol. The van der Waals surface area contributed by atoms with Gasteiger partial charge in [-0.05, 0) is 28.9 Å². The van der Waals surface area contributed by atoms with E-state index in [0.717, 1.165) is 34.1 Å². The molecule has 0 aromatic carbocycles. The first kappa shape index (κ1) is 9.96. The summed E-state index contributed by atoms with van der Waals surface area (Å²) >= 11 is 3.35. The maximum atomic E-state index is 5.58. The molecule has 3 heterocycles. The van der Waals surface area contributed by atoms with Crippen LogP contribution >= 0.6 is 15.9 Å². The van der Waals surface area contributed by atoms with Gasteiger partial charge in [-0.1, -0.05) is 5.16 Å². The van der Waals surface area contributed by atoms with Crippen LogP contribution in [0.3, 0.4) is 0 Å². The molecule has 5 heteroatoms. The SMILES string of the molecule is Cc1cc(C2CN(C)c3oc(Br)cc32)on1. The molecule has 1 unspecified atom stereocenters. The molecule has 1 aliphatic rings. The highest BCUT2D eigenvalue weighted by Gasteiger charge is 2.34. The quantitative estimate of drug-likeness (QED) is 0.807. The topological polar surface area (TPSA) is 42.4 Å². The maximum absolute atomic E-state index is 5.58. The zero-order valence-corrected chi connectivity index (χ0v) is 10.6. The number of rotatable bonds is 1. The lowest BCUT2D eigenvalue weighted by atomic mass is 10.0. The first-order chi connectivity index (χ1) is 7.65. The van der Waals surface area contributed by atoms with Crippen molar-refractivity contribution in [3.8, 4) is 0 Å². The molecule has 0 radical (unpaired) electrons. The highest BCUT2D eigenvalue weighted by molar-refractivity contribution is 9.10. The number of fused-ring (bicyclic) bond motifs is 1. The molecule has 0 fully saturated rings. The fourth-order valence-electron chi connectivity index (χ4n) is 2.16. The van der Waals surface area contributed by atoms with E-state index in [4.69, 9.17) is 8.94 Å². The molecular weight excluding hydrogens is 272 g/mol. The van der Waals surface area contributed by atoms with Crippen molar-refractivity contribution in [3.05, 3.63) is 33.8 Å². The van der Waals surface area contributed by atoms with Crippen molar-refractivity contribution in [2.45, 2.75) is 12.8 Å². The van der Waals surface area contributed by atoms with Gasteiger partial charge in [-0.25, -0.2) is 0 Å². The van der Waals surface area contributed by atoms with Gasteiger partial charge in [0.25, 0.3) is 0 Å². The smallest absolute Gasteiger partial charge is 0.200 e. The average molecular weight is 283 g/mol. The number of nitrogens with zero attached hydrogens (tertiary/aromatic N) is 2. The molecule has 2 aromatic rings. The van der Waals surface area contributed by atoms with Gasteiger partial charge in [0, 0.05) is 25.2 Å². The molecule has 4 nitrogen and oxygen atoms in total. The maximum Gasteiger partial charge on any atom is 0.200 e. The predicted octanol–water partition coefficient (Wildman–Crippen LogP) is 2.92. The molecule has 0 spiro atoms. The average Bonchev–Trinajstić information content (AvgIpc) is 2.85. The van der Waals surface area contributed by atoms with Crippen LogP contribution in [0.25, 0.3) is 0 Å². The Morgan fingerprint density at radius 1 is 1.50 bits per heavy atom. The zero-order valence-electron chi connectivity index (χ0n) is 9.03. The second-order valence-corrected chi connectivity index (χ2v) is 4.90. The molecule has 0 N–H and O–H groups in total. The van der Waals surface area contributed by atoms with Crippen molar-refractivity contribution in [3.63, 3.8) is 0 Å². The van der Waals surface area contributed by atoms with Crippen LogP contribution in [0.2, 0.25) is 0 Å². The minimum Gasteiger partial charge on any atom is -0.434 e. The Morgan fingerprint density at radius 2 is 2.31 bits per heavy atom. The van der Waals surface area contributed by atoms with E-state index in [1.807, 2.05) is 26.1 Å². The first-order valence-corrected chi connectivity index (χ1v) is 5.88. The molecular formula is C11H11BrN2O2. The van der Waals surface area contributed by atoms with Crippen LogP contribution in [-0.2, 0) is 0 Å². The van der Waals surface area contributed by atoms with Crippen LogP contribution in [0.4, 0.5) is 5.88 Å². The number of hydrogen-bond donors (Lipinski definition) is 0. The lowest BCUT2D eigenvalue weighted by molar-refractivity contribution is 0.371. The van der Waals surface area contributed by atoms with Crippen LogP contribution in [-0.4, -0.2) is 18.7 Å². The summed E-state index contributed by atoms with van der Waals surface area (Å²) in [4.78, 5) is 2.09. The second-order valence-electron chi connectivity index (χ2n) is 4.11. The molecule has 0 amide bonds. The van der Waals surface area contributed by atoms with Crippen LogP contribution in [0, 0.1) is 6.92 Å². The summed E-state index contributed by atoms with van der Waals surface area (Å²) in [5, 5.41) is 3.93. The van der Waals surface area contributed by atoms with E-state index in [-0.39, 0.29) is 5.92 Å². The number of hydrogen-bond acceptors (Lipinski definition) is 4. The Kier molecular flexibility index (Phi) is 2.10. The van der Waals surface area contributed by atoms with Crippen LogP contribution in [0.5, 0.6) is 0 Å². The Bertz CT molecular complexity index is 532. The van der Waals surface area contributed by atoms with E-state index in [1.165, 1.54) is 0 Å². The van der Waals surface area contributed by atoms with Gasteiger partial charge in [0.15, 0.2) is 4.67 Å². The molecule has 1 atom stereocenters. The summed E-state index contributed by atoms with van der Waals surface area (Å²) in [6, 6.07) is 3.98. The van der Waals surface area contributed by atoms with Crippen molar-refractivity contribution in [1.82, 2.24) is 5.16 Å². The standard InChI is InChI=1S/C11H11BrN2O2/c1-6-3-9(16-13-6)8-5-14(2)11-7(8)4-10(12)15-11/h3-4,8H,5H2,1-2H3. The van der Waals surface area contributed by atoms with Gasteiger partial charge >= 0.3 is 0 Å². The molecule has 0 saturated carbocycles. The van der Waals surface area contributed by atoms with Crippen molar-refractivity contribution < 1.29 is 8.94 Å². The molecule has 0 aliphatic carbocycles. The molecule has 3 rings (SSSR count). The van der Waals surface area contributed by atoms with E-state index in [2.05, 4.69) is 26.0 Å². The fraction of sp³-hybridized carbons (Fsp3) is 0.364. The third-order valence-electron chi connectivity index (χ3n) is 2.88. The van der Waals surface area contributed by atoms with Crippen LogP contribution < -0.4 is 4.90 Å². The van der Waals surface area contributed by atoms with Crippen LogP contribution in [0.1, 0.15) is 22.9 Å². The van der Waals surface area contributed by atoms with Gasteiger partial charge in [0.1, 0.15) is 5.76 Å². The lowest BCUT2D eigenvalue weighted by Gasteiger charge is -2.09. The summed E-state index contributed by atoms with van der Waals surface area (Å²) in [5.74, 6) is 2.03. The summed E-state index contributed by atoms with van der Waals surface area (Å²) in [6.07, 6.45) is 0. The van der Waals surface area contributed by atoms with Crippen molar-refractivity contribution in [1.29, 1.82) is 0 Å². The summed E-state index contributed by atoms with van der Waals surface area (Å²) in [6.45, 7) is 2.80. The van der Waals surface area contributed by atoms with Gasteiger partial charge in [-0.15, -0.1) is 0 Å². The Morgan fingerprint density at radius 3 is 3.00 bits per heavy atom. The number of aryl methyl sites for hydroxylation is 1. The number of aromatic nitrogens is 1. The zero-order chi connectivity index (χ0) is 11.3. The first-order valence-electron chi connectivity index (χ1n) is 5.08. The van der Waals surface area contributed by atoms with E-state index in [9.17, 15) is 0 Å².